The number of carboxylic acid groups (broad SMARTS) is 1. The fourth-order valence-corrected chi connectivity index (χ4v) is 2.93. The Bertz CT molecular complexity index is 999. The number of hydrogen-bond donors (Lipinski definition) is 2. The predicted octanol–water partition coefficient (Wildman–Crippen LogP) is 4.56. The lowest BCUT2D eigenvalue weighted by atomic mass is 10.2. The first-order chi connectivity index (χ1) is 12.4. The van der Waals surface area contributed by atoms with E-state index in [-0.39, 0.29) is 11.3 Å². The van der Waals surface area contributed by atoms with Crippen molar-refractivity contribution in [3.05, 3.63) is 76.6 Å². The van der Waals surface area contributed by atoms with E-state index in [1.807, 2.05) is 19.9 Å². The second-order valence-corrected chi connectivity index (χ2v) is 6.26. The zero-order valence-electron chi connectivity index (χ0n) is 14.9. The molecule has 2 aromatic carbocycles. The lowest BCUT2D eigenvalue weighted by Crippen LogP contribution is -1.99. The summed E-state index contributed by atoms with van der Waals surface area (Å²) in [5.41, 5.74) is 5.69. The van der Waals surface area contributed by atoms with Gasteiger partial charge in [0.15, 0.2) is 0 Å². The van der Waals surface area contributed by atoms with Crippen LogP contribution < -0.4 is 0 Å². The molecule has 0 saturated heterocycles. The monoisotopic (exact) mass is 348 g/mol. The standard InChI is InChI=1S/C21H20N2O3/c1-13-4-7-18(8-5-13)23-14(2)10-16(15(23)3)12-22-17-6-9-20(24)19(11-17)21(25)26/h4-12,24H,1-3H3,(H,25,26). The molecule has 0 spiro atoms. The Kier molecular flexibility index (Phi) is 4.63. The van der Waals surface area contributed by atoms with E-state index in [9.17, 15) is 9.90 Å². The van der Waals surface area contributed by atoms with Crippen molar-refractivity contribution in [1.82, 2.24) is 4.57 Å². The fourth-order valence-electron chi connectivity index (χ4n) is 2.93. The summed E-state index contributed by atoms with van der Waals surface area (Å²) in [4.78, 5) is 15.5. The molecule has 0 unspecified atom stereocenters. The van der Waals surface area contributed by atoms with Crippen molar-refractivity contribution >= 4 is 17.9 Å². The maximum absolute atomic E-state index is 11.1. The highest BCUT2D eigenvalue weighted by molar-refractivity contribution is 5.92. The van der Waals surface area contributed by atoms with E-state index in [0.29, 0.717) is 5.69 Å². The summed E-state index contributed by atoms with van der Waals surface area (Å²) in [5.74, 6) is -1.45. The average Bonchev–Trinajstić information content (AvgIpc) is 2.89. The molecule has 3 rings (SSSR count). The highest BCUT2D eigenvalue weighted by Crippen LogP contribution is 2.24. The number of aromatic carboxylic acids is 1. The van der Waals surface area contributed by atoms with E-state index in [0.717, 1.165) is 22.6 Å². The second-order valence-electron chi connectivity index (χ2n) is 6.26. The van der Waals surface area contributed by atoms with Gasteiger partial charge >= 0.3 is 5.97 Å². The molecule has 1 heterocycles. The molecule has 5 heteroatoms. The quantitative estimate of drug-likeness (QED) is 0.679. The molecule has 0 aliphatic heterocycles. The Hall–Kier alpha value is -3.34. The van der Waals surface area contributed by atoms with E-state index in [1.54, 1.807) is 12.3 Å². The maximum atomic E-state index is 11.1. The SMILES string of the molecule is Cc1ccc(-n2c(C)cc(C=Nc3ccc(O)c(C(=O)O)c3)c2C)cc1. The van der Waals surface area contributed by atoms with Crippen LogP contribution in [-0.4, -0.2) is 27.0 Å². The van der Waals surface area contributed by atoms with Gasteiger partial charge in [0.25, 0.3) is 0 Å². The molecule has 0 radical (unpaired) electrons. The van der Waals surface area contributed by atoms with Crippen LogP contribution in [0.3, 0.4) is 0 Å². The van der Waals surface area contributed by atoms with Crippen LogP contribution in [0.1, 0.15) is 32.9 Å². The molecule has 0 saturated carbocycles. The summed E-state index contributed by atoms with van der Waals surface area (Å²) in [5, 5.41) is 18.7. The third kappa shape index (κ3) is 3.37. The van der Waals surface area contributed by atoms with Gasteiger partial charge in [0.1, 0.15) is 11.3 Å². The van der Waals surface area contributed by atoms with Gasteiger partial charge in [-0.3, -0.25) is 4.99 Å². The summed E-state index contributed by atoms with van der Waals surface area (Å²) >= 11 is 0. The van der Waals surface area contributed by atoms with E-state index in [1.165, 1.54) is 17.7 Å². The van der Waals surface area contributed by atoms with Gasteiger partial charge < -0.3 is 14.8 Å². The normalized spacial score (nSPS) is 11.2. The van der Waals surface area contributed by atoms with Crippen molar-refractivity contribution in [3.63, 3.8) is 0 Å². The van der Waals surface area contributed by atoms with E-state index >= 15 is 0 Å². The van der Waals surface area contributed by atoms with Gasteiger partial charge in [-0.15, -0.1) is 0 Å². The van der Waals surface area contributed by atoms with Gasteiger partial charge in [-0.05, 0) is 57.2 Å². The highest BCUT2D eigenvalue weighted by Gasteiger charge is 2.11. The number of carbonyl (C=O) groups is 1. The van der Waals surface area contributed by atoms with Gasteiger partial charge in [-0.2, -0.15) is 0 Å². The highest BCUT2D eigenvalue weighted by atomic mass is 16.4. The molecule has 0 fully saturated rings. The Morgan fingerprint density at radius 1 is 1.04 bits per heavy atom. The van der Waals surface area contributed by atoms with Gasteiger partial charge in [-0.25, -0.2) is 4.79 Å². The Morgan fingerprint density at radius 2 is 1.73 bits per heavy atom. The molecule has 2 N–H and O–H groups in total. The van der Waals surface area contributed by atoms with E-state index in [4.69, 9.17) is 5.11 Å². The van der Waals surface area contributed by atoms with Crippen LogP contribution in [0.5, 0.6) is 5.75 Å². The molecule has 5 nitrogen and oxygen atoms in total. The van der Waals surface area contributed by atoms with Crippen LogP contribution in [0, 0.1) is 20.8 Å². The first-order valence-electron chi connectivity index (χ1n) is 8.23. The molecule has 1 aromatic heterocycles. The van der Waals surface area contributed by atoms with Gasteiger partial charge in [0.2, 0.25) is 0 Å². The molecule has 26 heavy (non-hydrogen) atoms. The second kappa shape index (κ2) is 6.88. The minimum Gasteiger partial charge on any atom is -0.507 e. The van der Waals surface area contributed by atoms with Crippen LogP contribution in [0.2, 0.25) is 0 Å². The zero-order valence-corrected chi connectivity index (χ0v) is 14.9. The number of aliphatic imine (C=N–C) groups is 1. The first kappa shape index (κ1) is 17.5. The molecule has 3 aromatic rings. The Morgan fingerprint density at radius 3 is 2.38 bits per heavy atom. The van der Waals surface area contributed by atoms with Crippen LogP contribution in [-0.2, 0) is 0 Å². The van der Waals surface area contributed by atoms with Gasteiger partial charge in [0.05, 0.1) is 5.69 Å². The first-order valence-corrected chi connectivity index (χ1v) is 8.23. The van der Waals surface area contributed by atoms with Gasteiger partial charge in [-0.1, -0.05) is 17.7 Å². The number of aryl methyl sites for hydroxylation is 2. The van der Waals surface area contributed by atoms with E-state index < -0.39 is 5.97 Å². The molecular weight excluding hydrogens is 328 g/mol. The van der Waals surface area contributed by atoms with Crippen molar-refractivity contribution < 1.29 is 15.0 Å². The number of carboxylic acids is 1. The summed E-state index contributed by atoms with van der Waals surface area (Å²) < 4.78 is 2.15. The van der Waals surface area contributed by atoms with Gasteiger partial charge in [0, 0.05) is 28.9 Å². The Balaban J connectivity index is 1.95. The van der Waals surface area contributed by atoms with Crippen LogP contribution in [0.4, 0.5) is 5.69 Å². The van der Waals surface area contributed by atoms with Crippen molar-refractivity contribution in [2.45, 2.75) is 20.8 Å². The van der Waals surface area contributed by atoms with Crippen LogP contribution in [0.15, 0.2) is 53.5 Å². The Labute approximate surface area is 151 Å². The minimum atomic E-state index is -1.18. The number of rotatable bonds is 4. The summed E-state index contributed by atoms with van der Waals surface area (Å²) in [6.45, 7) is 6.11. The zero-order chi connectivity index (χ0) is 18.8. The summed E-state index contributed by atoms with van der Waals surface area (Å²) in [7, 11) is 0. The molecule has 0 atom stereocenters. The van der Waals surface area contributed by atoms with Crippen molar-refractivity contribution in [2.24, 2.45) is 4.99 Å². The number of aromatic nitrogens is 1. The molecular formula is C21H20N2O3. The third-order valence-electron chi connectivity index (χ3n) is 4.33. The molecule has 0 amide bonds. The largest absolute Gasteiger partial charge is 0.507 e. The predicted molar refractivity (Wildman–Crippen MR) is 102 cm³/mol. The lowest BCUT2D eigenvalue weighted by molar-refractivity contribution is 0.0694. The molecule has 0 bridgehead atoms. The number of aromatic hydroxyl groups is 1. The van der Waals surface area contributed by atoms with Crippen molar-refractivity contribution in [1.29, 1.82) is 0 Å². The summed E-state index contributed by atoms with van der Waals surface area (Å²) in [6.07, 6.45) is 1.71. The van der Waals surface area contributed by atoms with Crippen LogP contribution >= 0.6 is 0 Å². The van der Waals surface area contributed by atoms with E-state index in [2.05, 4.69) is 40.7 Å². The van der Waals surface area contributed by atoms with Crippen molar-refractivity contribution in [3.8, 4) is 11.4 Å². The van der Waals surface area contributed by atoms with Crippen molar-refractivity contribution in [2.75, 3.05) is 0 Å². The number of phenols is 1. The smallest absolute Gasteiger partial charge is 0.339 e. The average molecular weight is 348 g/mol. The summed E-state index contributed by atoms with van der Waals surface area (Å²) in [6, 6.07) is 14.6. The number of nitrogens with zero attached hydrogens (tertiary/aromatic N) is 2. The number of hydrogen-bond acceptors (Lipinski definition) is 3. The molecule has 132 valence electrons. The number of benzene rings is 2. The lowest BCUT2D eigenvalue weighted by Gasteiger charge is -2.09. The van der Waals surface area contributed by atoms with Crippen LogP contribution in [0.25, 0.3) is 5.69 Å². The molecule has 0 aliphatic rings. The topological polar surface area (TPSA) is 74.8 Å². The third-order valence-corrected chi connectivity index (χ3v) is 4.33. The minimum absolute atomic E-state index is 0.162. The fraction of sp³-hybridized carbons (Fsp3) is 0.143. The maximum Gasteiger partial charge on any atom is 0.339 e. The molecule has 0 aliphatic carbocycles.